The van der Waals surface area contributed by atoms with Crippen molar-refractivity contribution < 1.29 is 4.79 Å². The fourth-order valence-corrected chi connectivity index (χ4v) is 8.74. The van der Waals surface area contributed by atoms with Crippen molar-refractivity contribution in [3.63, 3.8) is 0 Å². The normalized spacial score (nSPS) is 17.7. The molecule has 0 unspecified atom stereocenters. The van der Waals surface area contributed by atoms with Crippen LogP contribution in [-0.4, -0.2) is 24.7 Å². The van der Waals surface area contributed by atoms with Crippen LogP contribution in [0.3, 0.4) is 0 Å². The van der Waals surface area contributed by atoms with Crippen molar-refractivity contribution in [1.82, 2.24) is 4.57 Å². The lowest BCUT2D eigenvalue weighted by Gasteiger charge is -2.42. The Labute approximate surface area is 159 Å². The van der Waals surface area contributed by atoms with Gasteiger partial charge in [0.1, 0.15) is 0 Å². The molecule has 0 spiro atoms. The van der Waals surface area contributed by atoms with E-state index in [1.807, 2.05) is 0 Å². The van der Waals surface area contributed by atoms with Gasteiger partial charge in [0.25, 0.3) is 0 Å². The Morgan fingerprint density at radius 3 is 2.04 bits per heavy atom. The summed E-state index contributed by atoms with van der Waals surface area (Å²) < 4.78 is 2.39. The van der Waals surface area contributed by atoms with Crippen LogP contribution in [0.4, 0.5) is 0 Å². The summed E-state index contributed by atoms with van der Waals surface area (Å²) >= 11 is 0. The second kappa shape index (κ2) is 8.21. The first-order valence-corrected chi connectivity index (χ1v) is 12.7. The largest absolute Gasteiger partial charge is 0.366 e. The predicted octanol–water partition coefficient (Wildman–Crippen LogP) is 5.89. The molecule has 1 aliphatic rings. The molecule has 2 aromatic rings. The van der Waals surface area contributed by atoms with Gasteiger partial charge in [0.15, 0.2) is 8.24 Å². The molecule has 1 fully saturated rings. The molecule has 3 heteroatoms. The Morgan fingerprint density at radius 1 is 0.885 bits per heavy atom. The number of carbonyl (C=O) groups is 1. The minimum atomic E-state index is -1.64. The van der Waals surface area contributed by atoms with Crippen LogP contribution in [0, 0.1) is 0 Å². The van der Waals surface area contributed by atoms with Crippen LogP contribution < -0.4 is 0 Å². The van der Waals surface area contributed by atoms with E-state index in [9.17, 15) is 4.79 Å². The molecule has 0 bridgehead atoms. The molecule has 0 saturated carbocycles. The zero-order valence-corrected chi connectivity index (χ0v) is 17.4. The third-order valence-corrected chi connectivity index (χ3v) is 11.9. The van der Waals surface area contributed by atoms with Crippen LogP contribution in [0.2, 0.25) is 18.1 Å². The highest BCUT2D eigenvalue weighted by Crippen LogP contribution is 2.34. The van der Waals surface area contributed by atoms with Crippen molar-refractivity contribution >= 4 is 14.1 Å². The number of hydrogen-bond acceptors (Lipinski definition) is 1. The summed E-state index contributed by atoms with van der Waals surface area (Å²) in [6.07, 6.45) is 2.76. The Bertz CT molecular complexity index is 713. The van der Waals surface area contributed by atoms with Gasteiger partial charge in [0, 0.05) is 12.5 Å². The molecule has 1 amide bonds. The number of hydrogen-bond donors (Lipinski definition) is 0. The topological polar surface area (TPSA) is 20.3 Å². The summed E-state index contributed by atoms with van der Waals surface area (Å²) in [7, 11) is -1.64. The fourth-order valence-electron chi connectivity index (χ4n) is 4.59. The van der Waals surface area contributed by atoms with Crippen molar-refractivity contribution in [2.45, 2.75) is 64.2 Å². The average Bonchev–Trinajstić information content (AvgIpc) is 3.06. The van der Waals surface area contributed by atoms with Crippen molar-refractivity contribution in [1.29, 1.82) is 0 Å². The summed E-state index contributed by atoms with van der Waals surface area (Å²) in [5, 5.41) is 0. The first kappa shape index (κ1) is 18.9. The van der Waals surface area contributed by atoms with Crippen LogP contribution in [0.1, 0.15) is 39.2 Å². The van der Waals surface area contributed by atoms with Crippen molar-refractivity contribution in [3.05, 3.63) is 60.2 Å². The highest BCUT2D eigenvalue weighted by Gasteiger charge is 2.44. The molecule has 26 heavy (non-hydrogen) atoms. The molecule has 2 aromatic carbocycles. The lowest BCUT2D eigenvalue weighted by molar-refractivity contribution is -0.125. The maximum atomic E-state index is 12.7. The lowest BCUT2D eigenvalue weighted by Crippen LogP contribution is -2.56. The zero-order valence-electron chi connectivity index (χ0n) is 16.4. The van der Waals surface area contributed by atoms with Gasteiger partial charge in [-0.15, -0.1) is 0 Å². The Hall–Kier alpha value is -1.87. The second-order valence-corrected chi connectivity index (χ2v) is 12.6. The highest BCUT2D eigenvalue weighted by molar-refractivity contribution is 6.79. The molecule has 1 aliphatic heterocycles. The van der Waals surface area contributed by atoms with E-state index in [0.29, 0.717) is 11.9 Å². The molecule has 1 atom stereocenters. The fraction of sp³-hybridized carbons (Fsp3) is 0.435. The first-order valence-electron chi connectivity index (χ1n) is 10.1. The third kappa shape index (κ3) is 3.63. The summed E-state index contributed by atoms with van der Waals surface area (Å²) in [5.74, 6) is 0.410. The molecule has 0 N–H and O–H groups in total. The lowest BCUT2D eigenvalue weighted by atomic mass is 10.0. The van der Waals surface area contributed by atoms with E-state index in [-0.39, 0.29) is 0 Å². The third-order valence-electron chi connectivity index (χ3n) is 6.34. The number of carbonyl (C=O) groups excluding carboxylic acids is 1. The molecule has 1 heterocycles. The summed E-state index contributed by atoms with van der Waals surface area (Å²) in [5.41, 5.74) is 3.86. The molecule has 0 radical (unpaired) electrons. The van der Waals surface area contributed by atoms with Gasteiger partial charge in [-0.1, -0.05) is 75.4 Å². The van der Waals surface area contributed by atoms with E-state index >= 15 is 0 Å². The summed E-state index contributed by atoms with van der Waals surface area (Å²) in [4.78, 5) is 12.7. The van der Waals surface area contributed by atoms with E-state index in [2.05, 4.69) is 79.9 Å². The molecule has 3 rings (SSSR count). The van der Waals surface area contributed by atoms with Gasteiger partial charge in [0.05, 0.1) is 0 Å². The monoisotopic (exact) mass is 365 g/mol. The van der Waals surface area contributed by atoms with E-state index in [0.717, 1.165) is 19.3 Å². The number of rotatable bonds is 7. The quantitative estimate of drug-likeness (QED) is 0.560. The van der Waals surface area contributed by atoms with Gasteiger partial charge in [-0.25, -0.2) is 0 Å². The van der Waals surface area contributed by atoms with Gasteiger partial charge in [-0.3, -0.25) is 4.79 Å². The maximum absolute atomic E-state index is 12.7. The van der Waals surface area contributed by atoms with Crippen molar-refractivity contribution in [2.75, 3.05) is 0 Å². The number of nitrogens with zero attached hydrogens (tertiary/aromatic N) is 1. The van der Waals surface area contributed by atoms with Crippen LogP contribution in [0.25, 0.3) is 11.1 Å². The van der Waals surface area contributed by atoms with E-state index in [4.69, 9.17) is 0 Å². The molecule has 138 valence electrons. The maximum Gasteiger partial charge on any atom is 0.215 e. The van der Waals surface area contributed by atoms with Crippen LogP contribution in [-0.2, 0) is 11.2 Å². The van der Waals surface area contributed by atoms with E-state index in [1.54, 1.807) is 0 Å². The van der Waals surface area contributed by atoms with Crippen LogP contribution in [0.15, 0.2) is 54.6 Å². The molecular formula is C23H31NOSi. The predicted molar refractivity (Wildman–Crippen MR) is 113 cm³/mol. The van der Waals surface area contributed by atoms with Gasteiger partial charge in [0.2, 0.25) is 5.91 Å². The minimum Gasteiger partial charge on any atom is -0.366 e. The Balaban J connectivity index is 1.78. The highest BCUT2D eigenvalue weighted by atomic mass is 28.3. The average molecular weight is 366 g/mol. The summed E-state index contributed by atoms with van der Waals surface area (Å²) in [6, 6.07) is 23.4. The molecule has 1 saturated heterocycles. The first-order chi connectivity index (χ1) is 12.6. The second-order valence-electron chi connectivity index (χ2n) is 7.51. The molecular weight excluding hydrogens is 334 g/mol. The standard InChI is InChI=1S/C23H31NOSi/c1-4-26(5-2,6-3)24-22(16-17-23(24)25)18-19-12-14-21(15-13-19)20-10-8-7-9-11-20/h7-15,22H,4-6,16-18H2,1-3H3/t22-/m0/s1. The van der Waals surface area contributed by atoms with E-state index < -0.39 is 8.24 Å². The van der Waals surface area contributed by atoms with Crippen LogP contribution in [0.5, 0.6) is 0 Å². The van der Waals surface area contributed by atoms with Gasteiger partial charge in [-0.2, -0.15) is 0 Å². The smallest absolute Gasteiger partial charge is 0.215 e. The Morgan fingerprint density at radius 2 is 1.46 bits per heavy atom. The number of amides is 1. The van der Waals surface area contributed by atoms with Gasteiger partial charge < -0.3 is 4.57 Å². The SMILES string of the molecule is CC[Si](CC)(CC)N1C(=O)CC[C@H]1Cc1ccc(-c2ccccc2)cc1. The number of benzene rings is 2. The summed E-state index contributed by atoms with van der Waals surface area (Å²) in [6.45, 7) is 6.86. The van der Waals surface area contributed by atoms with E-state index in [1.165, 1.54) is 34.8 Å². The Kier molecular flexibility index (Phi) is 5.97. The zero-order chi connectivity index (χ0) is 18.6. The van der Waals surface area contributed by atoms with Gasteiger partial charge in [-0.05, 0) is 47.7 Å². The minimum absolute atomic E-state index is 0.400. The molecule has 0 aliphatic carbocycles. The van der Waals surface area contributed by atoms with Gasteiger partial charge >= 0.3 is 0 Å². The molecule has 0 aromatic heterocycles. The molecule has 2 nitrogen and oxygen atoms in total. The van der Waals surface area contributed by atoms with Crippen molar-refractivity contribution in [3.8, 4) is 11.1 Å². The van der Waals surface area contributed by atoms with Crippen molar-refractivity contribution in [2.24, 2.45) is 0 Å². The van der Waals surface area contributed by atoms with Crippen LogP contribution >= 0.6 is 0 Å².